The van der Waals surface area contributed by atoms with Crippen LogP contribution in [0, 0.1) is 6.92 Å². The van der Waals surface area contributed by atoms with Crippen LogP contribution in [0.3, 0.4) is 0 Å². The van der Waals surface area contributed by atoms with E-state index in [1.54, 1.807) is 17.2 Å². The van der Waals surface area contributed by atoms with Gasteiger partial charge in [-0.1, -0.05) is 48.0 Å². The summed E-state index contributed by atoms with van der Waals surface area (Å²) in [6, 6.07) is 17.1. The lowest BCUT2D eigenvalue weighted by atomic mass is 10.2. The number of nitrogens with one attached hydrogen (secondary N) is 1. The van der Waals surface area contributed by atoms with E-state index in [-0.39, 0.29) is 5.91 Å². The smallest absolute Gasteiger partial charge is 0.272 e. The Balaban J connectivity index is 1.79. The second-order valence-corrected chi connectivity index (χ2v) is 6.52. The van der Waals surface area contributed by atoms with E-state index in [1.165, 1.54) is 0 Å². The summed E-state index contributed by atoms with van der Waals surface area (Å²) in [5.74, 6) is 0.233. The highest BCUT2D eigenvalue weighted by Crippen LogP contribution is 2.25. The summed E-state index contributed by atoms with van der Waals surface area (Å²) in [5.41, 5.74) is 3.14. The molecule has 1 aromatic heterocycles. The van der Waals surface area contributed by atoms with Crippen LogP contribution < -0.4 is 5.32 Å². The molecule has 1 heterocycles. The molecule has 3 rings (SSSR count). The van der Waals surface area contributed by atoms with E-state index >= 15 is 0 Å². The average molecular weight is 381 g/mol. The van der Waals surface area contributed by atoms with Crippen LogP contribution >= 0.6 is 11.6 Å². The molecule has 1 amide bonds. The standard InChI is InChI=1S/C21H21ClN4O/c1-3-26(14-16-8-5-4-6-9-16)20(27)19-12-13-23-21(25-19)24-18-11-7-10-17(22)15(18)2/h4-13H,3,14H2,1-2H3,(H,23,24,25). The third kappa shape index (κ3) is 4.63. The van der Waals surface area contributed by atoms with E-state index in [9.17, 15) is 4.79 Å². The zero-order valence-electron chi connectivity index (χ0n) is 15.3. The molecule has 0 aliphatic rings. The number of halogens is 1. The van der Waals surface area contributed by atoms with Crippen molar-refractivity contribution >= 4 is 29.1 Å². The van der Waals surface area contributed by atoms with Crippen molar-refractivity contribution in [3.8, 4) is 0 Å². The van der Waals surface area contributed by atoms with Crippen molar-refractivity contribution in [2.75, 3.05) is 11.9 Å². The highest BCUT2D eigenvalue weighted by atomic mass is 35.5. The van der Waals surface area contributed by atoms with Gasteiger partial charge in [0.15, 0.2) is 0 Å². The first kappa shape index (κ1) is 18.9. The fraction of sp³-hybridized carbons (Fsp3) is 0.190. The van der Waals surface area contributed by atoms with Crippen LogP contribution in [0.1, 0.15) is 28.5 Å². The Kier molecular flexibility index (Phi) is 6.04. The molecule has 2 aromatic carbocycles. The number of benzene rings is 2. The highest BCUT2D eigenvalue weighted by Gasteiger charge is 2.17. The van der Waals surface area contributed by atoms with Crippen LogP contribution in [0.15, 0.2) is 60.8 Å². The zero-order chi connectivity index (χ0) is 19.2. The number of nitrogens with zero attached hydrogens (tertiary/aromatic N) is 3. The molecule has 0 aliphatic carbocycles. The molecule has 5 nitrogen and oxygen atoms in total. The van der Waals surface area contributed by atoms with E-state index in [0.29, 0.717) is 29.8 Å². The molecule has 0 saturated heterocycles. The Morgan fingerprint density at radius 2 is 1.89 bits per heavy atom. The number of amides is 1. The lowest BCUT2D eigenvalue weighted by Crippen LogP contribution is -2.31. The van der Waals surface area contributed by atoms with Crippen molar-refractivity contribution in [2.24, 2.45) is 0 Å². The monoisotopic (exact) mass is 380 g/mol. The molecular formula is C21H21ClN4O. The molecule has 1 N–H and O–H groups in total. The minimum absolute atomic E-state index is 0.130. The van der Waals surface area contributed by atoms with Gasteiger partial charge in [-0.15, -0.1) is 0 Å². The minimum Gasteiger partial charge on any atom is -0.333 e. The van der Waals surface area contributed by atoms with Gasteiger partial charge in [0.1, 0.15) is 5.69 Å². The molecule has 3 aromatic rings. The molecule has 6 heteroatoms. The zero-order valence-corrected chi connectivity index (χ0v) is 16.1. The quantitative estimate of drug-likeness (QED) is 0.664. The third-order valence-electron chi connectivity index (χ3n) is 4.27. The fourth-order valence-corrected chi connectivity index (χ4v) is 2.87. The van der Waals surface area contributed by atoms with Crippen molar-refractivity contribution in [1.82, 2.24) is 14.9 Å². The van der Waals surface area contributed by atoms with Crippen molar-refractivity contribution in [1.29, 1.82) is 0 Å². The van der Waals surface area contributed by atoms with Gasteiger partial charge in [0.05, 0.1) is 0 Å². The minimum atomic E-state index is -0.130. The van der Waals surface area contributed by atoms with Gasteiger partial charge in [0, 0.05) is 30.0 Å². The number of carbonyl (C=O) groups is 1. The molecule has 0 atom stereocenters. The van der Waals surface area contributed by atoms with E-state index in [4.69, 9.17) is 11.6 Å². The van der Waals surface area contributed by atoms with Crippen molar-refractivity contribution in [3.05, 3.63) is 82.6 Å². The maximum Gasteiger partial charge on any atom is 0.272 e. The van der Waals surface area contributed by atoms with E-state index in [2.05, 4.69) is 15.3 Å². The van der Waals surface area contributed by atoms with Gasteiger partial charge in [0.2, 0.25) is 5.95 Å². The Hall–Kier alpha value is -2.92. The van der Waals surface area contributed by atoms with Crippen LogP contribution in [0.2, 0.25) is 5.02 Å². The topological polar surface area (TPSA) is 58.1 Å². The molecule has 0 radical (unpaired) electrons. The Morgan fingerprint density at radius 1 is 1.11 bits per heavy atom. The van der Waals surface area contributed by atoms with Gasteiger partial charge in [-0.05, 0) is 43.2 Å². The SMILES string of the molecule is CCN(Cc1ccccc1)C(=O)c1ccnc(Nc2cccc(Cl)c2C)n1. The summed E-state index contributed by atoms with van der Waals surface area (Å²) < 4.78 is 0. The largest absolute Gasteiger partial charge is 0.333 e. The second kappa shape index (κ2) is 8.64. The Morgan fingerprint density at radius 3 is 2.63 bits per heavy atom. The van der Waals surface area contributed by atoms with Gasteiger partial charge >= 0.3 is 0 Å². The second-order valence-electron chi connectivity index (χ2n) is 6.11. The van der Waals surface area contributed by atoms with E-state index < -0.39 is 0 Å². The van der Waals surface area contributed by atoms with E-state index in [1.807, 2.05) is 62.4 Å². The molecule has 0 aliphatic heterocycles. The maximum absolute atomic E-state index is 12.9. The number of hydrogen-bond donors (Lipinski definition) is 1. The summed E-state index contributed by atoms with van der Waals surface area (Å²) in [4.78, 5) is 23.3. The first-order valence-corrected chi connectivity index (χ1v) is 9.14. The molecule has 0 spiro atoms. The number of carbonyl (C=O) groups excluding carboxylic acids is 1. The van der Waals surface area contributed by atoms with Crippen molar-refractivity contribution in [2.45, 2.75) is 20.4 Å². The number of rotatable bonds is 6. The molecule has 0 fully saturated rings. The molecule has 138 valence electrons. The van der Waals surface area contributed by atoms with Crippen LogP contribution in [0.4, 0.5) is 11.6 Å². The Labute approximate surface area is 164 Å². The predicted octanol–water partition coefficient (Wildman–Crippen LogP) is 4.84. The lowest BCUT2D eigenvalue weighted by Gasteiger charge is -2.20. The molecule has 0 unspecified atom stereocenters. The third-order valence-corrected chi connectivity index (χ3v) is 4.68. The summed E-state index contributed by atoms with van der Waals surface area (Å²) in [6.07, 6.45) is 1.58. The highest BCUT2D eigenvalue weighted by molar-refractivity contribution is 6.31. The van der Waals surface area contributed by atoms with Crippen LogP contribution in [0.5, 0.6) is 0 Å². The summed E-state index contributed by atoms with van der Waals surface area (Å²) in [5, 5.41) is 3.80. The number of aromatic nitrogens is 2. The van der Waals surface area contributed by atoms with Crippen LogP contribution in [-0.2, 0) is 6.54 Å². The summed E-state index contributed by atoms with van der Waals surface area (Å²) >= 11 is 6.16. The van der Waals surface area contributed by atoms with Crippen LogP contribution in [0.25, 0.3) is 0 Å². The van der Waals surface area contributed by atoms with Gasteiger partial charge in [-0.2, -0.15) is 0 Å². The lowest BCUT2D eigenvalue weighted by molar-refractivity contribution is 0.0746. The van der Waals surface area contributed by atoms with Crippen molar-refractivity contribution < 1.29 is 4.79 Å². The van der Waals surface area contributed by atoms with Gasteiger partial charge in [-0.3, -0.25) is 4.79 Å². The average Bonchev–Trinajstić information content (AvgIpc) is 2.70. The van der Waals surface area contributed by atoms with Crippen LogP contribution in [-0.4, -0.2) is 27.3 Å². The Bertz CT molecular complexity index is 930. The molecular weight excluding hydrogens is 360 g/mol. The summed E-state index contributed by atoms with van der Waals surface area (Å²) in [6.45, 7) is 5.00. The normalized spacial score (nSPS) is 10.5. The first-order chi connectivity index (χ1) is 13.1. The molecule has 0 saturated carbocycles. The van der Waals surface area contributed by atoms with Gasteiger partial charge < -0.3 is 10.2 Å². The fourth-order valence-electron chi connectivity index (χ4n) is 2.69. The molecule has 27 heavy (non-hydrogen) atoms. The van der Waals surface area contributed by atoms with Crippen molar-refractivity contribution in [3.63, 3.8) is 0 Å². The summed E-state index contributed by atoms with van der Waals surface area (Å²) in [7, 11) is 0. The first-order valence-electron chi connectivity index (χ1n) is 8.77. The number of hydrogen-bond acceptors (Lipinski definition) is 4. The molecule has 0 bridgehead atoms. The van der Waals surface area contributed by atoms with Gasteiger partial charge in [-0.25, -0.2) is 9.97 Å². The van der Waals surface area contributed by atoms with Gasteiger partial charge in [0.25, 0.3) is 5.91 Å². The maximum atomic E-state index is 12.9. The number of anilines is 2. The van der Waals surface area contributed by atoms with E-state index in [0.717, 1.165) is 16.8 Å². The predicted molar refractivity (Wildman–Crippen MR) is 108 cm³/mol.